The van der Waals surface area contributed by atoms with Crippen LogP contribution in [0.2, 0.25) is 0 Å². The molecule has 2 aliphatic rings. The number of unbranched alkanes of at least 4 members (excludes halogenated alkanes) is 1. The smallest absolute Gasteiger partial charge is 0.322 e. The van der Waals surface area contributed by atoms with Gasteiger partial charge in [-0.2, -0.15) is 11.8 Å². The van der Waals surface area contributed by atoms with Gasteiger partial charge >= 0.3 is 12.0 Å². The molecule has 28 heavy (non-hydrogen) atoms. The van der Waals surface area contributed by atoms with Gasteiger partial charge in [0.1, 0.15) is 6.04 Å². The van der Waals surface area contributed by atoms with Gasteiger partial charge < -0.3 is 15.7 Å². The fourth-order valence-corrected chi connectivity index (χ4v) is 5.10. The third-order valence-corrected chi connectivity index (χ3v) is 6.56. The summed E-state index contributed by atoms with van der Waals surface area (Å²) in [4.78, 5) is 34.8. The van der Waals surface area contributed by atoms with E-state index in [4.69, 9.17) is 0 Å². The second-order valence-corrected chi connectivity index (χ2v) is 8.41. The fourth-order valence-electron chi connectivity index (χ4n) is 3.55. The lowest BCUT2D eigenvalue weighted by molar-refractivity contribution is -0.140. The maximum atomic E-state index is 12.0. The molecular formula is C19H26N4O4S. The Morgan fingerprint density at radius 1 is 1.21 bits per heavy atom. The Morgan fingerprint density at radius 2 is 2.00 bits per heavy atom. The van der Waals surface area contributed by atoms with E-state index in [2.05, 4.69) is 21.5 Å². The van der Waals surface area contributed by atoms with Crippen LogP contribution < -0.4 is 21.5 Å². The quantitative estimate of drug-likeness (QED) is 0.225. The number of hydrazine groups is 1. The van der Waals surface area contributed by atoms with E-state index in [0.717, 1.165) is 30.6 Å². The minimum atomic E-state index is -1.01. The molecule has 4 atom stereocenters. The van der Waals surface area contributed by atoms with E-state index < -0.39 is 12.0 Å². The van der Waals surface area contributed by atoms with Gasteiger partial charge in [0.25, 0.3) is 0 Å². The number of nitrogens with one attached hydrogen (secondary N) is 4. The Bertz CT molecular complexity index is 702. The van der Waals surface area contributed by atoms with Crippen molar-refractivity contribution in [2.24, 2.45) is 0 Å². The van der Waals surface area contributed by atoms with E-state index in [1.165, 1.54) is 0 Å². The Labute approximate surface area is 168 Å². The lowest BCUT2D eigenvalue weighted by atomic mass is 10.0. The molecule has 0 aromatic heterocycles. The zero-order valence-electron chi connectivity index (χ0n) is 15.5. The first-order valence-corrected chi connectivity index (χ1v) is 10.6. The number of carbonyl (C=O) groups excluding carboxylic acids is 2. The molecule has 0 unspecified atom stereocenters. The predicted octanol–water partition coefficient (Wildman–Crippen LogP) is 1.03. The van der Waals surface area contributed by atoms with E-state index in [0.29, 0.717) is 11.7 Å². The first kappa shape index (κ1) is 20.5. The number of benzene rings is 1. The van der Waals surface area contributed by atoms with Crippen molar-refractivity contribution in [3.05, 3.63) is 35.9 Å². The minimum Gasteiger partial charge on any atom is -0.480 e. The van der Waals surface area contributed by atoms with Crippen LogP contribution in [0.25, 0.3) is 0 Å². The summed E-state index contributed by atoms with van der Waals surface area (Å²) in [6.45, 7) is 0. The van der Waals surface area contributed by atoms with Crippen molar-refractivity contribution in [3.63, 3.8) is 0 Å². The van der Waals surface area contributed by atoms with Crippen molar-refractivity contribution in [1.29, 1.82) is 0 Å². The van der Waals surface area contributed by atoms with E-state index in [-0.39, 0.29) is 30.4 Å². The van der Waals surface area contributed by atoms with Crippen LogP contribution in [0.5, 0.6) is 0 Å². The van der Waals surface area contributed by atoms with Gasteiger partial charge in [-0.1, -0.05) is 36.8 Å². The van der Waals surface area contributed by atoms with Crippen LogP contribution in [-0.4, -0.2) is 52.1 Å². The Kier molecular flexibility index (Phi) is 7.16. The topological polar surface area (TPSA) is 120 Å². The van der Waals surface area contributed by atoms with Crippen molar-refractivity contribution in [2.45, 2.75) is 55.5 Å². The molecule has 0 bridgehead atoms. The van der Waals surface area contributed by atoms with E-state index in [1.54, 1.807) is 0 Å². The third-order valence-electron chi connectivity index (χ3n) is 5.05. The number of thioether (sulfide) groups is 1. The fraction of sp³-hybridized carbons (Fsp3) is 0.526. The summed E-state index contributed by atoms with van der Waals surface area (Å²) in [6, 6.07) is 8.71. The summed E-state index contributed by atoms with van der Waals surface area (Å²) < 4.78 is 0. The number of aliphatic carboxylic acids is 1. The largest absolute Gasteiger partial charge is 0.480 e. The molecule has 0 aliphatic carbocycles. The zero-order chi connectivity index (χ0) is 19.9. The van der Waals surface area contributed by atoms with Crippen LogP contribution in [0.15, 0.2) is 30.3 Å². The van der Waals surface area contributed by atoms with Crippen molar-refractivity contribution < 1.29 is 19.5 Å². The van der Waals surface area contributed by atoms with Gasteiger partial charge in [-0.25, -0.2) is 10.2 Å². The Balaban J connectivity index is 1.32. The van der Waals surface area contributed by atoms with Gasteiger partial charge in [0.2, 0.25) is 5.91 Å². The first-order valence-electron chi connectivity index (χ1n) is 9.52. The van der Waals surface area contributed by atoms with E-state index >= 15 is 0 Å². The summed E-state index contributed by atoms with van der Waals surface area (Å²) in [5.41, 5.74) is 6.03. The Hall–Kier alpha value is -2.26. The molecule has 3 rings (SSSR count). The molecule has 0 saturated carbocycles. The number of carbonyl (C=O) groups is 3. The van der Waals surface area contributed by atoms with E-state index in [9.17, 15) is 19.5 Å². The monoisotopic (exact) mass is 406 g/mol. The molecule has 3 amide bonds. The number of urea groups is 1. The summed E-state index contributed by atoms with van der Waals surface area (Å²) in [5, 5.41) is 15.6. The molecule has 0 spiro atoms. The van der Waals surface area contributed by atoms with Crippen molar-refractivity contribution in [1.82, 2.24) is 21.5 Å². The normalized spacial score (nSPS) is 24.1. The average Bonchev–Trinajstić information content (AvgIpc) is 3.22. The molecule has 2 heterocycles. The number of hydrogen-bond acceptors (Lipinski definition) is 5. The molecule has 8 nitrogen and oxygen atoms in total. The van der Waals surface area contributed by atoms with Gasteiger partial charge in [0.05, 0.1) is 12.1 Å². The molecule has 1 aromatic carbocycles. The number of hydrogen-bond donors (Lipinski definition) is 5. The van der Waals surface area contributed by atoms with Crippen LogP contribution in [0.3, 0.4) is 0 Å². The molecule has 2 aliphatic heterocycles. The van der Waals surface area contributed by atoms with Gasteiger partial charge in [-0.15, -0.1) is 0 Å². The number of amides is 3. The molecule has 2 saturated heterocycles. The molecule has 9 heteroatoms. The number of rotatable bonds is 10. The molecular weight excluding hydrogens is 380 g/mol. The number of fused-ring (bicyclic) bond motifs is 1. The highest BCUT2D eigenvalue weighted by Crippen LogP contribution is 2.33. The molecule has 2 fully saturated rings. The number of carboxylic acids is 1. The maximum Gasteiger partial charge on any atom is 0.322 e. The highest BCUT2D eigenvalue weighted by molar-refractivity contribution is 8.00. The average molecular weight is 407 g/mol. The van der Waals surface area contributed by atoms with Crippen LogP contribution in [0, 0.1) is 0 Å². The number of carboxylic acid groups (broad SMARTS) is 1. The SMILES string of the molecule is O=C(CCCC[C@@H]1SC[C@@H]2NC(=O)N[C@@H]21)NN[C@@H](Cc1ccccc1)C(=O)O. The second-order valence-electron chi connectivity index (χ2n) is 7.14. The lowest BCUT2D eigenvalue weighted by Gasteiger charge is -2.17. The van der Waals surface area contributed by atoms with Gasteiger partial charge in [0.15, 0.2) is 0 Å². The van der Waals surface area contributed by atoms with E-state index in [1.807, 2.05) is 42.1 Å². The van der Waals surface area contributed by atoms with Crippen LogP contribution >= 0.6 is 11.8 Å². The van der Waals surface area contributed by atoms with Gasteiger partial charge in [0, 0.05) is 23.8 Å². The van der Waals surface area contributed by atoms with Crippen molar-refractivity contribution >= 4 is 29.7 Å². The molecule has 5 N–H and O–H groups in total. The van der Waals surface area contributed by atoms with Crippen molar-refractivity contribution in [3.8, 4) is 0 Å². The van der Waals surface area contributed by atoms with Crippen molar-refractivity contribution in [2.75, 3.05) is 5.75 Å². The third kappa shape index (κ3) is 5.62. The molecule has 152 valence electrons. The maximum absolute atomic E-state index is 12.0. The van der Waals surface area contributed by atoms with Gasteiger partial charge in [-0.05, 0) is 18.4 Å². The summed E-state index contributed by atoms with van der Waals surface area (Å²) in [7, 11) is 0. The molecule has 0 radical (unpaired) electrons. The highest BCUT2D eigenvalue weighted by atomic mass is 32.2. The molecule has 1 aromatic rings. The summed E-state index contributed by atoms with van der Waals surface area (Å²) in [6.07, 6.45) is 3.18. The summed E-state index contributed by atoms with van der Waals surface area (Å²) in [5.74, 6) is -0.299. The predicted molar refractivity (Wildman–Crippen MR) is 107 cm³/mol. The second kappa shape index (κ2) is 9.79. The lowest BCUT2D eigenvalue weighted by Crippen LogP contribution is -2.49. The highest BCUT2D eigenvalue weighted by Gasteiger charge is 2.42. The minimum absolute atomic E-state index is 0.0887. The zero-order valence-corrected chi connectivity index (χ0v) is 16.3. The summed E-state index contributed by atoms with van der Waals surface area (Å²) >= 11 is 1.86. The Morgan fingerprint density at radius 3 is 2.75 bits per heavy atom. The van der Waals surface area contributed by atoms with Gasteiger partial charge in [-0.3, -0.25) is 15.0 Å². The van der Waals surface area contributed by atoms with Crippen LogP contribution in [0.4, 0.5) is 4.79 Å². The van der Waals surface area contributed by atoms with Crippen LogP contribution in [0.1, 0.15) is 31.2 Å². The van der Waals surface area contributed by atoms with Crippen LogP contribution in [-0.2, 0) is 16.0 Å². The standard InChI is InChI=1S/C19H26N4O4S/c24-16(23-22-13(18(25)26)10-12-6-2-1-3-7-12)9-5-4-8-15-17-14(11-28-15)20-19(27)21-17/h1-3,6-7,13-15,17,22H,4-5,8-11H2,(H,23,24)(H,25,26)(H2,20,21,27)/t13-,14-,15-,17-/m0/s1. The first-order chi connectivity index (χ1) is 13.5.